The number of hydrogen-bond acceptors (Lipinski definition) is 5. The zero-order chi connectivity index (χ0) is 8.49. The van der Waals surface area contributed by atoms with Crippen LogP contribution in [0.4, 0.5) is 0 Å². The molecule has 1 heterocycles. The van der Waals surface area contributed by atoms with Gasteiger partial charge in [-0.2, -0.15) is 5.11 Å². The van der Waals surface area contributed by atoms with E-state index in [4.69, 9.17) is 0 Å². The summed E-state index contributed by atoms with van der Waals surface area (Å²) in [5, 5.41) is 17.8. The van der Waals surface area contributed by atoms with Gasteiger partial charge in [-0.05, 0) is 34.9 Å². The Bertz CT molecular complexity index is 164. The van der Waals surface area contributed by atoms with Crippen molar-refractivity contribution in [2.45, 2.75) is 32.1 Å². The molecule has 66 valence electrons. The summed E-state index contributed by atoms with van der Waals surface area (Å²) in [5.41, 5.74) is 0. The van der Waals surface area contributed by atoms with Gasteiger partial charge < -0.3 is 0 Å². The molecule has 0 aromatic carbocycles. The van der Waals surface area contributed by atoms with Gasteiger partial charge in [-0.1, -0.05) is 12.8 Å². The zero-order valence-electron chi connectivity index (χ0n) is 7.06. The Kier molecular flexibility index (Phi) is 4.91. The molecule has 0 saturated carbocycles. The maximum Gasteiger partial charge on any atom is 0.0621 e. The summed E-state index contributed by atoms with van der Waals surface area (Å²) in [7, 11) is 0. The predicted octanol–water partition coefficient (Wildman–Crippen LogP) is 2.76. The smallest absolute Gasteiger partial charge is 0.0621 e. The van der Waals surface area contributed by atoms with Crippen molar-refractivity contribution >= 4 is 6.21 Å². The molecular formula is C7H13N5. The van der Waals surface area contributed by atoms with E-state index in [1.54, 1.807) is 6.21 Å². The molecule has 0 unspecified atom stereocenters. The molecule has 0 aromatic rings. The molecule has 1 aliphatic heterocycles. The van der Waals surface area contributed by atoms with Gasteiger partial charge in [0.25, 0.3) is 0 Å². The molecule has 1 rings (SSSR count). The molecule has 0 aliphatic carbocycles. The number of hydrogen-bond donors (Lipinski definition) is 0. The maximum atomic E-state index is 3.80. The van der Waals surface area contributed by atoms with Gasteiger partial charge in [-0.15, -0.1) is 5.10 Å². The van der Waals surface area contributed by atoms with Gasteiger partial charge in [0.05, 0.1) is 6.54 Å². The Balaban J connectivity index is 2.32. The van der Waals surface area contributed by atoms with Crippen molar-refractivity contribution in [1.82, 2.24) is 0 Å². The molecule has 0 bridgehead atoms. The molecule has 0 amide bonds. The molecule has 0 N–H and O–H groups in total. The molecule has 0 spiro atoms. The Hall–Kier alpha value is -1.13. The Morgan fingerprint density at radius 3 is 2.75 bits per heavy atom. The highest BCUT2D eigenvalue weighted by Gasteiger charge is 1.89. The zero-order valence-corrected chi connectivity index (χ0v) is 7.06. The van der Waals surface area contributed by atoms with E-state index in [2.05, 4.69) is 25.9 Å². The molecule has 0 saturated heterocycles. The number of nitrogens with zero attached hydrogens (tertiary/aromatic N) is 5. The van der Waals surface area contributed by atoms with E-state index in [0.717, 1.165) is 19.4 Å². The first-order chi connectivity index (χ1) is 6.00. The molecule has 1 aliphatic rings. The van der Waals surface area contributed by atoms with E-state index >= 15 is 0 Å². The predicted molar refractivity (Wildman–Crippen MR) is 46.2 cm³/mol. The quantitative estimate of drug-likeness (QED) is 0.532. The van der Waals surface area contributed by atoms with Crippen LogP contribution >= 0.6 is 0 Å². The van der Waals surface area contributed by atoms with Crippen molar-refractivity contribution in [3.63, 3.8) is 0 Å². The molecule has 5 heteroatoms. The standard InChI is InChI=1S/C7H13N5/c1-2-4-6-8-10-12-11-9-7-5-3-1/h6H,1-5,7H2. The minimum Gasteiger partial charge on any atom is -0.167 e. The summed E-state index contributed by atoms with van der Waals surface area (Å²) < 4.78 is 0. The fourth-order valence-electron chi connectivity index (χ4n) is 0.980. The van der Waals surface area contributed by atoms with Gasteiger partial charge in [0.1, 0.15) is 0 Å². The van der Waals surface area contributed by atoms with Crippen LogP contribution in [0, 0.1) is 0 Å². The topological polar surface area (TPSA) is 61.8 Å². The van der Waals surface area contributed by atoms with Crippen molar-refractivity contribution < 1.29 is 0 Å². The first-order valence-corrected chi connectivity index (χ1v) is 4.28. The second-order valence-electron chi connectivity index (χ2n) is 2.63. The lowest BCUT2D eigenvalue weighted by Gasteiger charge is -1.95. The Morgan fingerprint density at radius 1 is 0.833 bits per heavy atom. The molecule has 0 atom stereocenters. The third-order valence-corrected chi connectivity index (χ3v) is 1.62. The average Bonchev–Trinajstić information content (AvgIpc) is 2.05. The first kappa shape index (κ1) is 8.96. The second kappa shape index (κ2) is 6.57. The molecule has 0 radical (unpaired) electrons. The highest BCUT2D eigenvalue weighted by atomic mass is 15.5. The lowest BCUT2D eigenvalue weighted by molar-refractivity contribution is 0.644. The Labute approximate surface area is 71.7 Å². The second-order valence-corrected chi connectivity index (χ2v) is 2.63. The summed E-state index contributed by atoms with van der Waals surface area (Å²) in [6.07, 6.45) is 7.46. The van der Waals surface area contributed by atoms with Gasteiger partial charge in [0, 0.05) is 6.21 Å². The number of rotatable bonds is 0. The third-order valence-electron chi connectivity index (χ3n) is 1.62. The summed E-state index contributed by atoms with van der Waals surface area (Å²) >= 11 is 0. The monoisotopic (exact) mass is 167 g/mol. The van der Waals surface area contributed by atoms with E-state index in [-0.39, 0.29) is 0 Å². The van der Waals surface area contributed by atoms with Gasteiger partial charge in [-0.25, -0.2) is 0 Å². The molecule has 0 aromatic heterocycles. The van der Waals surface area contributed by atoms with Crippen LogP contribution in [0.5, 0.6) is 0 Å². The van der Waals surface area contributed by atoms with Gasteiger partial charge >= 0.3 is 0 Å². The fourth-order valence-corrected chi connectivity index (χ4v) is 0.980. The Morgan fingerprint density at radius 2 is 1.75 bits per heavy atom. The minimum atomic E-state index is 0.753. The van der Waals surface area contributed by atoms with E-state index in [1.165, 1.54) is 19.3 Å². The maximum absolute atomic E-state index is 3.80. The van der Waals surface area contributed by atoms with E-state index in [1.807, 2.05) is 0 Å². The summed E-state index contributed by atoms with van der Waals surface area (Å²) in [5.74, 6) is 0. The molecule has 0 fully saturated rings. The summed E-state index contributed by atoms with van der Waals surface area (Å²) in [4.78, 5) is 0. The van der Waals surface area contributed by atoms with Crippen molar-refractivity contribution in [2.75, 3.05) is 6.54 Å². The lowest BCUT2D eigenvalue weighted by atomic mass is 10.1. The summed E-state index contributed by atoms with van der Waals surface area (Å²) in [6.45, 7) is 0.753. The van der Waals surface area contributed by atoms with E-state index < -0.39 is 0 Å². The van der Waals surface area contributed by atoms with Gasteiger partial charge in [0.2, 0.25) is 0 Å². The fraction of sp³-hybridized carbons (Fsp3) is 0.857. The molecular weight excluding hydrogens is 154 g/mol. The van der Waals surface area contributed by atoms with Crippen LogP contribution in [-0.4, -0.2) is 12.8 Å². The van der Waals surface area contributed by atoms with Crippen LogP contribution in [0.1, 0.15) is 32.1 Å². The SMILES string of the molecule is C1=NN=NN=NCCCCCC1. The van der Waals surface area contributed by atoms with E-state index in [9.17, 15) is 0 Å². The third kappa shape index (κ3) is 4.65. The highest BCUT2D eigenvalue weighted by molar-refractivity contribution is 5.56. The van der Waals surface area contributed by atoms with E-state index in [0.29, 0.717) is 0 Å². The lowest BCUT2D eigenvalue weighted by Crippen LogP contribution is -1.83. The molecule has 12 heavy (non-hydrogen) atoms. The van der Waals surface area contributed by atoms with Crippen molar-refractivity contribution in [3.05, 3.63) is 0 Å². The van der Waals surface area contributed by atoms with Crippen molar-refractivity contribution in [3.8, 4) is 0 Å². The summed E-state index contributed by atoms with van der Waals surface area (Å²) in [6, 6.07) is 0. The first-order valence-electron chi connectivity index (χ1n) is 4.28. The van der Waals surface area contributed by atoms with Crippen molar-refractivity contribution in [1.29, 1.82) is 0 Å². The van der Waals surface area contributed by atoms with Gasteiger partial charge in [0.15, 0.2) is 0 Å². The van der Waals surface area contributed by atoms with Crippen LogP contribution in [0.3, 0.4) is 0 Å². The highest BCUT2D eigenvalue weighted by Crippen LogP contribution is 2.02. The largest absolute Gasteiger partial charge is 0.167 e. The minimum absolute atomic E-state index is 0.753. The van der Waals surface area contributed by atoms with Crippen LogP contribution in [-0.2, 0) is 0 Å². The van der Waals surface area contributed by atoms with Crippen LogP contribution < -0.4 is 0 Å². The van der Waals surface area contributed by atoms with Crippen LogP contribution in [0.2, 0.25) is 0 Å². The normalized spacial score (nSPS) is 20.0. The van der Waals surface area contributed by atoms with Crippen molar-refractivity contribution in [2.24, 2.45) is 25.9 Å². The van der Waals surface area contributed by atoms with Gasteiger partial charge in [-0.3, -0.25) is 0 Å². The average molecular weight is 167 g/mol. The van der Waals surface area contributed by atoms with Crippen LogP contribution in [0.25, 0.3) is 0 Å². The van der Waals surface area contributed by atoms with Crippen LogP contribution in [0.15, 0.2) is 25.9 Å². The molecule has 5 nitrogen and oxygen atoms in total.